The first-order valence-electron chi connectivity index (χ1n) is 7.28. The fourth-order valence-electron chi connectivity index (χ4n) is 1.88. The maximum atomic E-state index is 12.0. The maximum absolute atomic E-state index is 12.0. The van der Waals surface area contributed by atoms with E-state index in [2.05, 4.69) is 27.6 Å². The van der Waals surface area contributed by atoms with E-state index < -0.39 is 11.0 Å². The van der Waals surface area contributed by atoms with Crippen LogP contribution in [0.1, 0.15) is 20.8 Å². The van der Waals surface area contributed by atoms with E-state index in [1.54, 1.807) is 20.8 Å². The summed E-state index contributed by atoms with van der Waals surface area (Å²) in [4.78, 5) is 16.5. The van der Waals surface area contributed by atoms with Crippen molar-refractivity contribution in [3.05, 3.63) is 30.3 Å². The molecule has 0 amide bonds. The normalized spacial score (nSPS) is 21.5. The Kier molecular flexibility index (Phi) is 11.7. The Morgan fingerprint density at radius 2 is 1.92 bits per heavy atom. The van der Waals surface area contributed by atoms with Crippen molar-refractivity contribution in [3.8, 4) is 0 Å². The molecule has 2 rings (SSSR count). The zero-order valence-electron chi connectivity index (χ0n) is 15.0. The Labute approximate surface area is 200 Å². The predicted octanol–water partition coefficient (Wildman–Crippen LogP) is -0.467. The first-order valence-corrected chi connectivity index (χ1v) is 8.81. The van der Waals surface area contributed by atoms with Gasteiger partial charge in [0, 0.05) is 4.43 Å². The molecule has 1 saturated heterocycles. The van der Waals surface area contributed by atoms with E-state index >= 15 is 0 Å². The molecular formula is C17H23IKNO4. The molecule has 0 aromatic heterocycles. The Hall–Kier alpha value is 0.646. The van der Waals surface area contributed by atoms with Gasteiger partial charge in [-0.1, -0.05) is 61.6 Å². The van der Waals surface area contributed by atoms with Crippen molar-refractivity contribution in [1.82, 2.24) is 0 Å². The number of methoxy groups -OCH3 is 1. The molecule has 1 aliphatic heterocycles. The van der Waals surface area contributed by atoms with Gasteiger partial charge in [-0.15, -0.1) is 5.60 Å². The van der Waals surface area contributed by atoms with Crippen LogP contribution < -0.4 is 56.5 Å². The summed E-state index contributed by atoms with van der Waals surface area (Å²) in [6, 6.07) is 9.57. The number of esters is 1. The molecule has 0 bridgehead atoms. The number of ether oxygens (including phenoxy) is 2. The van der Waals surface area contributed by atoms with Gasteiger partial charge < -0.3 is 14.6 Å². The third-order valence-corrected chi connectivity index (χ3v) is 4.27. The quantitative estimate of drug-likeness (QED) is 0.259. The summed E-state index contributed by atoms with van der Waals surface area (Å²) in [6.07, 6.45) is 0. The standard InChI is InChI=1S/C13H14INO3.C4H9O.K/c1-17-12(16)13(8-14)9-18-7-11(13)15-10-5-3-2-4-6-10;1-4(2,3)5;/h2-6H,7-9H2,1H3;1-3H3;/q;-1;+1. The van der Waals surface area contributed by atoms with E-state index in [1.807, 2.05) is 30.3 Å². The first kappa shape index (κ1) is 24.6. The maximum Gasteiger partial charge on any atom is 1.00 e. The third kappa shape index (κ3) is 7.90. The largest absolute Gasteiger partial charge is 1.00 e. The molecule has 1 fully saturated rings. The molecule has 1 aliphatic rings. The van der Waals surface area contributed by atoms with Gasteiger partial charge in [0.15, 0.2) is 0 Å². The van der Waals surface area contributed by atoms with Gasteiger partial charge in [-0.3, -0.25) is 9.79 Å². The second-order valence-electron chi connectivity index (χ2n) is 6.21. The number of hydrogen-bond acceptors (Lipinski definition) is 5. The van der Waals surface area contributed by atoms with Crippen molar-refractivity contribution >= 4 is 40.0 Å². The number of rotatable bonds is 3. The second kappa shape index (κ2) is 11.4. The van der Waals surface area contributed by atoms with Crippen molar-refractivity contribution in [2.45, 2.75) is 26.4 Å². The molecular weight excluding hydrogens is 448 g/mol. The topological polar surface area (TPSA) is 71.0 Å². The minimum atomic E-state index is -0.750. The molecule has 24 heavy (non-hydrogen) atoms. The van der Waals surface area contributed by atoms with Crippen LogP contribution in [0.15, 0.2) is 35.3 Å². The average molecular weight is 471 g/mol. The SMILES string of the molecule is CC(C)(C)[O-].COC(=O)C1(CI)COCC1=Nc1ccccc1.[K+]. The van der Waals surface area contributed by atoms with Crippen molar-refractivity contribution in [1.29, 1.82) is 0 Å². The number of carbonyl (C=O) groups excluding carboxylic acids is 1. The van der Waals surface area contributed by atoms with Crippen molar-refractivity contribution < 1.29 is 70.8 Å². The smallest absolute Gasteiger partial charge is 0.850 e. The number of alkyl halides is 1. The number of nitrogens with zero attached hydrogens (tertiary/aromatic N) is 1. The fourth-order valence-corrected chi connectivity index (χ4v) is 2.86. The molecule has 7 heteroatoms. The summed E-state index contributed by atoms with van der Waals surface area (Å²) >= 11 is 2.18. The van der Waals surface area contributed by atoms with Crippen LogP contribution in [0.5, 0.6) is 0 Å². The summed E-state index contributed by atoms with van der Waals surface area (Å²) in [6.45, 7) is 5.62. The molecule has 0 saturated carbocycles. The van der Waals surface area contributed by atoms with Gasteiger partial charge in [-0.2, -0.15) is 0 Å². The molecule has 1 aromatic rings. The minimum Gasteiger partial charge on any atom is -0.850 e. The number of carbonyl (C=O) groups is 1. The monoisotopic (exact) mass is 471 g/mol. The molecule has 5 nitrogen and oxygen atoms in total. The van der Waals surface area contributed by atoms with E-state index in [-0.39, 0.29) is 57.4 Å². The van der Waals surface area contributed by atoms with Crippen LogP contribution in [0, 0.1) is 5.41 Å². The van der Waals surface area contributed by atoms with E-state index in [9.17, 15) is 9.90 Å². The molecule has 1 unspecified atom stereocenters. The molecule has 128 valence electrons. The molecule has 0 spiro atoms. The van der Waals surface area contributed by atoms with E-state index in [1.165, 1.54) is 7.11 Å². The Morgan fingerprint density at radius 3 is 2.38 bits per heavy atom. The van der Waals surface area contributed by atoms with Crippen LogP contribution in [0.25, 0.3) is 0 Å². The van der Waals surface area contributed by atoms with Crippen LogP contribution in [0.3, 0.4) is 0 Å². The number of benzene rings is 1. The minimum absolute atomic E-state index is 0. The van der Waals surface area contributed by atoms with Gasteiger partial charge >= 0.3 is 57.4 Å². The van der Waals surface area contributed by atoms with Crippen molar-refractivity contribution in [2.24, 2.45) is 10.4 Å². The predicted molar refractivity (Wildman–Crippen MR) is 97.4 cm³/mol. The summed E-state index contributed by atoms with van der Waals surface area (Å²) in [5.74, 6) is -0.274. The first-order chi connectivity index (χ1) is 10.7. The summed E-state index contributed by atoms with van der Waals surface area (Å²) < 4.78 is 10.9. The molecule has 1 heterocycles. The van der Waals surface area contributed by atoms with E-state index in [0.29, 0.717) is 17.6 Å². The van der Waals surface area contributed by atoms with Gasteiger partial charge in [-0.05, 0) is 12.1 Å². The Balaban J connectivity index is 0.000000777. The van der Waals surface area contributed by atoms with E-state index in [0.717, 1.165) is 11.4 Å². The molecule has 0 radical (unpaired) electrons. The Morgan fingerprint density at radius 1 is 1.38 bits per heavy atom. The van der Waals surface area contributed by atoms with Crippen LogP contribution in [0.4, 0.5) is 5.69 Å². The molecule has 0 aliphatic carbocycles. The summed E-state index contributed by atoms with van der Waals surface area (Å²) in [7, 11) is 1.40. The number of hydrogen-bond donors (Lipinski definition) is 0. The van der Waals surface area contributed by atoms with Gasteiger partial charge in [0.2, 0.25) is 0 Å². The van der Waals surface area contributed by atoms with Crippen molar-refractivity contribution in [3.63, 3.8) is 0 Å². The number of aliphatic imine (C=N–C) groups is 1. The molecule has 0 N–H and O–H groups in total. The van der Waals surface area contributed by atoms with Crippen LogP contribution >= 0.6 is 22.6 Å². The van der Waals surface area contributed by atoms with Crippen LogP contribution in [-0.2, 0) is 14.3 Å². The van der Waals surface area contributed by atoms with Crippen LogP contribution in [-0.4, -0.2) is 42.0 Å². The van der Waals surface area contributed by atoms with Crippen LogP contribution in [0.2, 0.25) is 0 Å². The summed E-state index contributed by atoms with van der Waals surface area (Å²) in [5.41, 5.74) is 0.0941. The average Bonchev–Trinajstić information content (AvgIpc) is 2.89. The molecule has 1 atom stereocenters. The van der Waals surface area contributed by atoms with Gasteiger partial charge in [0.05, 0.1) is 31.7 Å². The molecule has 1 aromatic carbocycles. The second-order valence-corrected chi connectivity index (χ2v) is 6.97. The Bertz CT molecular complexity index is 539. The number of para-hydroxylation sites is 1. The zero-order valence-corrected chi connectivity index (χ0v) is 20.2. The summed E-state index contributed by atoms with van der Waals surface area (Å²) in [5, 5.41) is 10.1. The van der Waals surface area contributed by atoms with Crippen molar-refractivity contribution in [2.75, 3.05) is 24.8 Å². The van der Waals surface area contributed by atoms with Gasteiger partial charge in [0.1, 0.15) is 5.41 Å². The van der Waals surface area contributed by atoms with Gasteiger partial charge in [0.25, 0.3) is 0 Å². The van der Waals surface area contributed by atoms with E-state index in [4.69, 9.17) is 9.47 Å². The fraction of sp³-hybridized carbons (Fsp3) is 0.529. The zero-order chi connectivity index (χ0) is 17.5. The number of halogens is 1. The third-order valence-electron chi connectivity index (χ3n) is 2.96. The van der Waals surface area contributed by atoms with Gasteiger partial charge in [-0.25, -0.2) is 0 Å².